The van der Waals surface area contributed by atoms with Gasteiger partial charge in [-0.15, -0.1) is 11.3 Å². The van der Waals surface area contributed by atoms with Crippen molar-refractivity contribution < 1.29 is 28.2 Å². The molecule has 3 aromatic rings. The van der Waals surface area contributed by atoms with Crippen LogP contribution in [0.3, 0.4) is 0 Å². The maximum absolute atomic E-state index is 13.1. The first kappa shape index (κ1) is 27.6. The molecule has 0 spiro atoms. The molecule has 0 aliphatic rings. The summed E-state index contributed by atoms with van der Waals surface area (Å²) in [5, 5.41) is 17.1. The number of hydrogen-bond donors (Lipinski definition) is 2. The molecule has 0 fully saturated rings. The number of benzene rings is 2. The number of rotatable bonds is 7. The van der Waals surface area contributed by atoms with Crippen LogP contribution in [0, 0.1) is 19.8 Å². The molecule has 0 aliphatic carbocycles. The molecule has 0 radical (unpaired) electrons. The van der Waals surface area contributed by atoms with Crippen LogP contribution < -0.4 is 0 Å². The van der Waals surface area contributed by atoms with Crippen LogP contribution in [-0.2, 0) is 26.8 Å². The molecule has 9 heteroatoms. The molecule has 0 saturated carbocycles. The molecule has 2 N–H and O–H groups in total. The molecule has 0 saturated heterocycles. The minimum atomic E-state index is -3.74. The fourth-order valence-corrected chi connectivity index (χ4v) is 6.54. The van der Waals surface area contributed by atoms with Crippen LogP contribution in [0.4, 0.5) is 0 Å². The number of aryl methyl sites for hydroxylation is 2. The zero-order valence-electron chi connectivity index (χ0n) is 19.3. The van der Waals surface area contributed by atoms with Crippen molar-refractivity contribution in [1.29, 1.82) is 0 Å². The van der Waals surface area contributed by atoms with Crippen molar-refractivity contribution in [3.05, 3.63) is 74.6 Å². The van der Waals surface area contributed by atoms with Crippen LogP contribution >= 0.6 is 22.9 Å². The second-order valence-corrected chi connectivity index (χ2v) is 11.7. The molecule has 182 valence electrons. The van der Waals surface area contributed by atoms with Crippen LogP contribution in [-0.4, -0.2) is 31.1 Å². The molecule has 3 rings (SSSR count). The Hall–Kier alpha value is -2.68. The van der Waals surface area contributed by atoms with Crippen molar-refractivity contribution in [3.63, 3.8) is 0 Å². The predicted molar refractivity (Wildman–Crippen MR) is 136 cm³/mol. The van der Waals surface area contributed by atoms with Gasteiger partial charge in [0.1, 0.15) is 4.88 Å². The topological polar surface area (TPSA) is 109 Å². The van der Waals surface area contributed by atoms with E-state index in [2.05, 4.69) is 13.8 Å². The monoisotopic (exact) mass is 522 g/mol. The highest BCUT2D eigenvalue weighted by molar-refractivity contribution is 7.90. The first-order valence-electron chi connectivity index (χ1n) is 10.4. The van der Waals surface area contributed by atoms with Crippen molar-refractivity contribution in [2.75, 3.05) is 0 Å². The first-order chi connectivity index (χ1) is 15.9. The summed E-state index contributed by atoms with van der Waals surface area (Å²) >= 11 is 7.20. The van der Waals surface area contributed by atoms with Gasteiger partial charge in [-0.2, -0.15) is 0 Å². The maximum atomic E-state index is 13.1. The van der Waals surface area contributed by atoms with Gasteiger partial charge >= 0.3 is 5.97 Å². The number of carboxylic acid groups (broad SMARTS) is 2. The van der Waals surface area contributed by atoms with Crippen LogP contribution in [0.25, 0.3) is 10.4 Å². The molecule has 6 nitrogen and oxygen atoms in total. The van der Waals surface area contributed by atoms with E-state index in [4.69, 9.17) is 21.5 Å². The van der Waals surface area contributed by atoms with Gasteiger partial charge in [0.25, 0.3) is 6.47 Å². The number of sulfone groups is 1. The lowest BCUT2D eigenvalue weighted by molar-refractivity contribution is -0.122. The summed E-state index contributed by atoms with van der Waals surface area (Å²) in [6.07, 6.45) is 0.967. The second-order valence-electron chi connectivity index (χ2n) is 8.30. The zero-order chi connectivity index (χ0) is 25.6. The SMILES string of the molecule is Cc1cc(S(=O)(=O)Cc2cc(-c3ccc(CC(C)C)cc3)sc2C(=O)O)c(C)cc1Cl.O=CO. The first-order valence-corrected chi connectivity index (χ1v) is 13.3. The normalized spacial score (nSPS) is 11.1. The third-order valence-electron chi connectivity index (χ3n) is 5.02. The Morgan fingerprint density at radius 2 is 1.68 bits per heavy atom. The van der Waals surface area contributed by atoms with Gasteiger partial charge in [0.05, 0.1) is 10.6 Å². The maximum Gasteiger partial charge on any atom is 0.346 e. The fourth-order valence-electron chi connectivity index (χ4n) is 3.51. The smallest absolute Gasteiger partial charge is 0.346 e. The van der Waals surface area contributed by atoms with Crippen LogP contribution in [0.2, 0.25) is 5.02 Å². The van der Waals surface area contributed by atoms with Gasteiger partial charge in [-0.3, -0.25) is 4.79 Å². The van der Waals surface area contributed by atoms with Gasteiger partial charge in [0.15, 0.2) is 9.84 Å². The predicted octanol–water partition coefficient (Wildman–Crippen LogP) is 6.26. The molecule has 1 heterocycles. The van der Waals surface area contributed by atoms with E-state index in [1.54, 1.807) is 32.0 Å². The van der Waals surface area contributed by atoms with Crippen LogP contribution in [0.5, 0.6) is 0 Å². The van der Waals surface area contributed by atoms with Crippen molar-refractivity contribution in [2.24, 2.45) is 5.92 Å². The highest BCUT2D eigenvalue weighted by Gasteiger charge is 2.25. The molecule has 0 unspecified atom stereocenters. The van der Waals surface area contributed by atoms with Crippen LogP contribution in [0.15, 0.2) is 47.4 Å². The van der Waals surface area contributed by atoms with Crippen molar-refractivity contribution in [2.45, 2.75) is 44.8 Å². The lowest BCUT2D eigenvalue weighted by atomic mass is 10.0. The summed E-state index contributed by atoms with van der Waals surface area (Å²) in [5.74, 6) is -0.955. The summed E-state index contributed by atoms with van der Waals surface area (Å²) in [6.45, 7) is 7.50. The van der Waals surface area contributed by atoms with E-state index >= 15 is 0 Å². The molecule has 34 heavy (non-hydrogen) atoms. The zero-order valence-corrected chi connectivity index (χ0v) is 21.7. The van der Waals surface area contributed by atoms with E-state index in [9.17, 15) is 18.3 Å². The van der Waals surface area contributed by atoms with Crippen molar-refractivity contribution in [1.82, 2.24) is 0 Å². The molecule has 0 atom stereocenters. The molecule has 0 amide bonds. The second kappa shape index (κ2) is 11.6. The number of carboxylic acids is 1. The average molecular weight is 523 g/mol. The molecule has 1 aromatic heterocycles. The Bertz CT molecular complexity index is 1280. The van der Waals surface area contributed by atoms with E-state index in [0.29, 0.717) is 27.6 Å². The number of aromatic carboxylic acids is 1. The van der Waals surface area contributed by atoms with Gasteiger partial charge in [0, 0.05) is 9.90 Å². The van der Waals surface area contributed by atoms with Gasteiger partial charge in [-0.25, -0.2) is 13.2 Å². The fraction of sp³-hybridized carbons (Fsp3) is 0.280. The standard InChI is InChI=1S/C24H25ClO4S2.CH2O2/c1-14(2)9-17-5-7-18(8-6-17)21-12-19(23(30-21)24(26)27)13-31(28,29)22-11-15(3)20(25)10-16(22)4;2-1-3/h5-8,10-12,14H,9,13H2,1-4H3,(H,26,27);1H,(H,2,3). The highest BCUT2D eigenvalue weighted by atomic mass is 35.5. The summed E-state index contributed by atoms with van der Waals surface area (Å²) in [4.78, 5) is 21.2. The number of halogens is 1. The average Bonchev–Trinajstić information content (AvgIpc) is 3.14. The Morgan fingerprint density at radius 1 is 1.09 bits per heavy atom. The van der Waals surface area contributed by atoms with Gasteiger partial charge < -0.3 is 10.2 Å². The van der Waals surface area contributed by atoms with E-state index in [1.165, 1.54) is 5.56 Å². The highest BCUT2D eigenvalue weighted by Crippen LogP contribution is 2.35. The minimum absolute atomic E-state index is 0.0492. The summed E-state index contributed by atoms with van der Waals surface area (Å²) in [7, 11) is -3.74. The van der Waals surface area contributed by atoms with E-state index in [0.717, 1.165) is 28.2 Å². The third kappa shape index (κ3) is 6.91. The lowest BCUT2D eigenvalue weighted by Crippen LogP contribution is -2.09. The minimum Gasteiger partial charge on any atom is -0.483 e. The largest absolute Gasteiger partial charge is 0.483 e. The van der Waals surface area contributed by atoms with Gasteiger partial charge in [-0.05, 0) is 72.2 Å². The van der Waals surface area contributed by atoms with Crippen LogP contribution in [0.1, 0.15) is 45.8 Å². The molecule has 2 aromatic carbocycles. The van der Waals surface area contributed by atoms with Gasteiger partial charge in [0.2, 0.25) is 0 Å². The Morgan fingerprint density at radius 3 is 2.21 bits per heavy atom. The van der Waals surface area contributed by atoms with Crippen molar-refractivity contribution in [3.8, 4) is 10.4 Å². The number of hydrogen-bond acceptors (Lipinski definition) is 5. The summed E-state index contributed by atoms with van der Waals surface area (Å²) < 4.78 is 26.2. The molecular weight excluding hydrogens is 496 g/mol. The lowest BCUT2D eigenvalue weighted by Gasteiger charge is -2.10. The van der Waals surface area contributed by atoms with E-state index < -0.39 is 15.8 Å². The van der Waals surface area contributed by atoms with Crippen molar-refractivity contribution >= 4 is 45.2 Å². The van der Waals surface area contributed by atoms with E-state index in [1.807, 2.05) is 24.3 Å². The quantitative estimate of drug-likeness (QED) is 0.354. The Balaban J connectivity index is 0.00000129. The molecule has 0 bridgehead atoms. The number of carbonyl (C=O) groups is 2. The number of thiophene rings is 1. The Labute approximate surface area is 208 Å². The molecular formula is C25H27ClO6S2. The summed E-state index contributed by atoms with van der Waals surface area (Å²) in [6, 6.07) is 12.8. The Kier molecular flexibility index (Phi) is 9.44. The van der Waals surface area contributed by atoms with Gasteiger partial charge in [-0.1, -0.05) is 49.7 Å². The summed E-state index contributed by atoms with van der Waals surface area (Å²) in [5.41, 5.74) is 3.60. The van der Waals surface area contributed by atoms with E-state index in [-0.39, 0.29) is 22.0 Å². The third-order valence-corrected chi connectivity index (χ3v) is 8.45. The molecule has 0 aliphatic heterocycles.